The molecule has 1 aromatic carbocycles. The summed E-state index contributed by atoms with van der Waals surface area (Å²) in [6, 6.07) is 13.0. The molecular formula is C14H14INO2. The molecule has 1 atom stereocenters. The molecule has 0 aliphatic rings. The molecule has 0 aliphatic heterocycles. The maximum atomic E-state index is 10.0. The normalized spacial score (nSPS) is 12.3. The summed E-state index contributed by atoms with van der Waals surface area (Å²) >= 11 is 1.99. The van der Waals surface area contributed by atoms with Crippen molar-refractivity contribution in [3.05, 3.63) is 57.4 Å². The van der Waals surface area contributed by atoms with Crippen LogP contribution < -0.4 is 0 Å². The number of nitrogens with zero attached hydrogens (tertiary/aromatic N) is 1. The number of aromatic hydroxyl groups is 1. The van der Waals surface area contributed by atoms with E-state index in [2.05, 4.69) is 4.98 Å². The molecule has 94 valence electrons. The Hall–Kier alpha value is -1.14. The molecule has 0 bridgehead atoms. The first kappa shape index (κ1) is 13.3. The Kier molecular flexibility index (Phi) is 4.54. The van der Waals surface area contributed by atoms with Gasteiger partial charge in [0.15, 0.2) is 0 Å². The smallest absolute Gasteiger partial charge is 0.147 e. The summed E-state index contributed by atoms with van der Waals surface area (Å²) < 4.78 is 0.597. The van der Waals surface area contributed by atoms with Crippen LogP contribution in [0.4, 0.5) is 0 Å². The number of halogens is 1. The average Bonchev–Trinajstić information content (AvgIpc) is 2.41. The zero-order valence-corrected chi connectivity index (χ0v) is 11.9. The monoisotopic (exact) mass is 355 g/mol. The second kappa shape index (κ2) is 6.15. The highest BCUT2D eigenvalue weighted by Crippen LogP contribution is 2.21. The van der Waals surface area contributed by atoms with E-state index in [0.29, 0.717) is 16.5 Å². The third-order valence-electron chi connectivity index (χ3n) is 2.74. The van der Waals surface area contributed by atoms with E-state index in [-0.39, 0.29) is 5.75 Å². The standard InChI is InChI=1S/C14H14INO2/c15-14-13(18)9-7-11(16-14)6-8-12(17)10-4-2-1-3-5-10/h1-5,7,9,12,17-18H,6,8H2. The Morgan fingerprint density at radius 1 is 1.11 bits per heavy atom. The van der Waals surface area contributed by atoms with Crippen molar-refractivity contribution in [1.82, 2.24) is 4.98 Å². The third-order valence-corrected chi connectivity index (χ3v) is 3.54. The number of aliphatic hydroxyl groups excluding tert-OH is 1. The molecule has 4 heteroatoms. The van der Waals surface area contributed by atoms with E-state index < -0.39 is 6.10 Å². The fourth-order valence-corrected chi connectivity index (χ4v) is 2.22. The summed E-state index contributed by atoms with van der Waals surface area (Å²) in [6.07, 6.45) is 0.837. The van der Waals surface area contributed by atoms with E-state index in [9.17, 15) is 10.2 Å². The first-order chi connectivity index (χ1) is 8.66. The molecule has 0 fully saturated rings. The van der Waals surface area contributed by atoms with Crippen molar-refractivity contribution in [3.63, 3.8) is 0 Å². The predicted molar refractivity (Wildman–Crippen MR) is 78.3 cm³/mol. The Morgan fingerprint density at radius 2 is 1.83 bits per heavy atom. The van der Waals surface area contributed by atoms with Crippen LogP contribution in [0.1, 0.15) is 23.8 Å². The molecule has 18 heavy (non-hydrogen) atoms. The van der Waals surface area contributed by atoms with Crippen molar-refractivity contribution in [1.29, 1.82) is 0 Å². The van der Waals surface area contributed by atoms with Gasteiger partial charge in [-0.05, 0) is 53.1 Å². The van der Waals surface area contributed by atoms with Crippen LogP contribution in [0.25, 0.3) is 0 Å². The minimum absolute atomic E-state index is 0.197. The lowest BCUT2D eigenvalue weighted by Gasteiger charge is -2.10. The molecule has 2 aromatic rings. The first-order valence-corrected chi connectivity index (χ1v) is 6.82. The van der Waals surface area contributed by atoms with Gasteiger partial charge >= 0.3 is 0 Å². The van der Waals surface area contributed by atoms with Gasteiger partial charge in [0.25, 0.3) is 0 Å². The Bertz CT molecular complexity index is 516. The van der Waals surface area contributed by atoms with E-state index in [4.69, 9.17) is 0 Å². The van der Waals surface area contributed by atoms with Crippen LogP contribution in [0.2, 0.25) is 0 Å². The SMILES string of the molecule is Oc1ccc(CCC(O)c2ccccc2)nc1I. The molecule has 2 N–H and O–H groups in total. The summed E-state index contributed by atoms with van der Waals surface area (Å²) in [5.74, 6) is 0.197. The Labute approximate surface area is 120 Å². The number of pyridine rings is 1. The van der Waals surface area contributed by atoms with Crippen LogP contribution in [-0.2, 0) is 6.42 Å². The van der Waals surface area contributed by atoms with Crippen LogP contribution >= 0.6 is 22.6 Å². The number of aliphatic hydroxyl groups is 1. The first-order valence-electron chi connectivity index (χ1n) is 5.74. The summed E-state index contributed by atoms with van der Waals surface area (Å²) in [5, 5.41) is 19.4. The second-order valence-electron chi connectivity index (χ2n) is 4.08. The summed E-state index contributed by atoms with van der Waals surface area (Å²) in [6.45, 7) is 0. The lowest BCUT2D eigenvalue weighted by molar-refractivity contribution is 0.167. The van der Waals surface area contributed by atoms with E-state index in [1.165, 1.54) is 0 Å². The van der Waals surface area contributed by atoms with Gasteiger partial charge in [0.05, 0.1) is 6.10 Å². The summed E-state index contributed by atoms with van der Waals surface area (Å²) in [4.78, 5) is 4.26. The van der Waals surface area contributed by atoms with Gasteiger partial charge in [0.1, 0.15) is 9.45 Å². The maximum Gasteiger partial charge on any atom is 0.147 e. The van der Waals surface area contributed by atoms with Crippen molar-refractivity contribution >= 4 is 22.6 Å². The van der Waals surface area contributed by atoms with Crippen LogP contribution in [0.5, 0.6) is 5.75 Å². The second-order valence-corrected chi connectivity index (χ2v) is 5.10. The number of aromatic nitrogens is 1. The van der Waals surface area contributed by atoms with Crippen molar-refractivity contribution in [3.8, 4) is 5.75 Å². The molecule has 0 amide bonds. The zero-order chi connectivity index (χ0) is 13.0. The molecule has 1 unspecified atom stereocenters. The number of hydrogen-bond donors (Lipinski definition) is 2. The fourth-order valence-electron chi connectivity index (χ4n) is 1.73. The summed E-state index contributed by atoms with van der Waals surface area (Å²) in [7, 11) is 0. The van der Waals surface area contributed by atoms with Crippen LogP contribution in [0.15, 0.2) is 42.5 Å². The van der Waals surface area contributed by atoms with E-state index in [0.717, 1.165) is 11.3 Å². The van der Waals surface area contributed by atoms with Crippen LogP contribution in [-0.4, -0.2) is 15.2 Å². The van der Waals surface area contributed by atoms with Crippen molar-refractivity contribution < 1.29 is 10.2 Å². The van der Waals surface area contributed by atoms with E-state index in [1.807, 2.05) is 52.9 Å². The minimum atomic E-state index is -0.473. The molecule has 1 heterocycles. The van der Waals surface area contributed by atoms with E-state index >= 15 is 0 Å². The molecule has 0 saturated heterocycles. The van der Waals surface area contributed by atoms with Gasteiger partial charge in [-0.2, -0.15) is 0 Å². The number of rotatable bonds is 4. The van der Waals surface area contributed by atoms with Gasteiger partial charge in [0, 0.05) is 5.69 Å². The lowest BCUT2D eigenvalue weighted by Crippen LogP contribution is -2.01. The van der Waals surface area contributed by atoms with Crippen molar-refractivity contribution in [2.45, 2.75) is 18.9 Å². The van der Waals surface area contributed by atoms with Gasteiger partial charge in [-0.1, -0.05) is 30.3 Å². The topological polar surface area (TPSA) is 53.4 Å². The average molecular weight is 355 g/mol. The molecule has 0 spiro atoms. The van der Waals surface area contributed by atoms with Crippen molar-refractivity contribution in [2.24, 2.45) is 0 Å². The lowest BCUT2D eigenvalue weighted by atomic mass is 10.0. The van der Waals surface area contributed by atoms with Gasteiger partial charge < -0.3 is 10.2 Å². The largest absolute Gasteiger partial charge is 0.505 e. The molecular weight excluding hydrogens is 341 g/mol. The Morgan fingerprint density at radius 3 is 2.50 bits per heavy atom. The van der Waals surface area contributed by atoms with Gasteiger partial charge in [-0.15, -0.1) is 0 Å². The molecule has 0 radical (unpaired) electrons. The maximum absolute atomic E-state index is 10.0. The van der Waals surface area contributed by atoms with Crippen LogP contribution in [0, 0.1) is 3.70 Å². The van der Waals surface area contributed by atoms with Gasteiger partial charge in [0.2, 0.25) is 0 Å². The number of hydrogen-bond acceptors (Lipinski definition) is 3. The summed E-state index contributed by atoms with van der Waals surface area (Å²) in [5.41, 5.74) is 1.80. The molecule has 2 rings (SSSR count). The van der Waals surface area contributed by atoms with Gasteiger partial charge in [-0.3, -0.25) is 0 Å². The molecule has 3 nitrogen and oxygen atoms in total. The van der Waals surface area contributed by atoms with Crippen molar-refractivity contribution in [2.75, 3.05) is 0 Å². The molecule has 0 saturated carbocycles. The fraction of sp³-hybridized carbons (Fsp3) is 0.214. The quantitative estimate of drug-likeness (QED) is 0.655. The van der Waals surface area contributed by atoms with Crippen LogP contribution in [0.3, 0.4) is 0 Å². The predicted octanol–water partition coefficient (Wildman–Crippen LogP) is 3.06. The molecule has 0 aliphatic carbocycles. The van der Waals surface area contributed by atoms with E-state index in [1.54, 1.807) is 12.1 Å². The highest BCUT2D eigenvalue weighted by molar-refractivity contribution is 14.1. The highest BCUT2D eigenvalue weighted by Gasteiger charge is 2.08. The number of benzene rings is 1. The molecule has 1 aromatic heterocycles. The minimum Gasteiger partial charge on any atom is -0.505 e. The van der Waals surface area contributed by atoms with Gasteiger partial charge in [-0.25, -0.2) is 4.98 Å². The highest BCUT2D eigenvalue weighted by atomic mass is 127. The zero-order valence-electron chi connectivity index (χ0n) is 9.75. The Balaban J connectivity index is 1.97. The third kappa shape index (κ3) is 3.43. The number of aryl methyl sites for hydroxylation is 1.